The number of nitrogens with two attached hydrogens (primary N) is 1. The standard InChI is InChI=1S/C60H46N2O.C6H7N/c1-3-16-44(27-26-43-18-8-5-9-19-43)47-30-35-57-54(40-47)55-41-48(45(17-4-2)38-39-61(50-20-10-6-11-21-50)51-22-12-7-13-23-51)31-36-58(55)62(57)52-33-28-46(29-34-52)49-32-37-60-56(42-49)53-24-14-15-25-59(53)63-60;7-6-4-2-1-3-5-6/h3-4,6-8,10-42H,1-2,5,9H2;1-5H,7H2/b27-26-,39-38-,44-16+,45-17+;. The molecule has 0 amide bonds. The van der Waals surface area contributed by atoms with Gasteiger partial charge in [-0.2, -0.15) is 0 Å². The number of furan rings is 1. The second-order valence-electron chi connectivity index (χ2n) is 17.2. The third-order valence-electron chi connectivity index (χ3n) is 12.6. The first-order valence-electron chi connectivity index (χ1n) is 23.7. The zero-order valence-corrected chi connectivity index (χ0v) is 39.0. The summed E-state index contributed by atoms with van der Waals surface area (Å²) in [6.45, 7) is 8.19. The maximum Gasteiger partial charge on any atom is 0.135 e. The number of nitrogens with zero attached hydrogens (tertiary/aromatic N) is 2. The molecule has 0 spiro atoms. The van der Waals surface area contributed by atoms with E-state index in [-0.39, 0.29) is 0 Å². The molecule has 2 heterocycles. The fourth-order valence-electron chi connectivity index (χ4n) is 9.17. The minimum atomic E-state index is 0.822. The van der Waals surface area contributed by atoms with Gasteiger partial charge < -0.3 is 19.6 Å². The van der Waals surface area contributed by atoms with E-state index in [1.807, 2.05) is 66.7 Å². The normalized spacial score (nSPS) is 13.0. The van der Waals surface area contributed by atoms with E-state index < -0.39 is 0 Å². The Labute approximate surface area is 410 Å². The second-order valence-corrected chi connectivity index (χ2v) is 17.2. The molecule has 70 heavy (non-hydrogen) atoms. The molecule has 0 saturated heterocycles. The summed E-state index contributed by atoms with van der Waals surface area (Å²) >= 11 is 0. The zero-order chi connectivity index (χ0) is 47.7. The van der Waals surface area contributed by atoms with Crippen LogP contribution in [0.3, 0.4) is 0 Å². The Bertz CT molecular complexity index is 3630. The van der Waals surface area contributed by atoms with Crippen molar-refractivity contribution in [3.05, 3.63) is 291 Å². The van der Waals surface area contributed by atoms with Crippen LogP contribution in [0.1, 0.15) is 24.0 Å². The molecular formula is C66H53N3O. The van der Waals surface area contributed by atoms with Gasteiger partial charge in [-0.15, -0.1) is 0 Å². The van der Waals surface area contributed by atoms with Gasteiger partial charge in [0.25, 0.3) is 0 Å². The van der Waals surface area contributed by atoms with Gasteiger partial charge in [0.15, 0.2) is 0 Å². The van der Waals surface area contributed by atoms with Crippen LogP contribution in [-0.2, 0) is 0 Å². The van der Waals surface area contributed by atoms with Crippen LogP contribution in [0.4, 0.5) is 17.1 Å². The van der Waals surface area contributed by atoms with E-state index >= 15 is 0 Å². The summed E-state index contributed by atoms with van der Waals surface area (Å²) in [6.07, 6.45) is 25.6. The van der Waals surface area contributed by atoms with Gasteiger partial charge in [0.1, 0.15) is 11.2 Å². The van der Waals surface area contributed by atoms with Crippen molar-refractivity contribution in [2.45, 2.75) is 12.8 Å². The van der Waals surface area contributed by atoms with Crippen LogP contribution in [0.15, 0.2) is 284 Å². The Morgan fingerprint density at radius 1 is 0.529 bits per heavy atom. The van der Waals surface area contributed by atoms with Gasteiger partial charge in [0, 0.05) is 50.5 Å². The molecule has 1 aliphatic rings. The minimum absolute atomic E-state index is 0.822. The molecule has 0 atom stereocenters. The quantitative estimate of drug-likeness (QED) is 0.0981. The number of para-hydroxylation sites is 4. The molecule has 0 radical (unpaired) electrons. The number of fused-ring (bicyclic) bond motifs is 6. The van der Waals surface area contributed by atoms with Crippen molar-refractivity contribution in [2.75, 3.05) is 10.6 Å². The number of allylic oxidation sites excluding steroid dienone is 13. The Hall–Kier alpha value is -9.12. The molecule has 0 fully saturated rings. The average molecular weight is 904 g/mol. The van der Waals surface area contributed by atoms with Crippen LogP contribution in [0.2, 0.25) is 0 Å². The third kappa shape index (κ3) is 9.66. The summed E-state index contributed by atoms with van der Waals surface area (Å²) in [5.74, 6) is 0. The summed E-state index contributed by atoms with van der Waals surface area (Å²) in [5, 5.41) is 4.59. The van der Waals surface area contributed by atoms with Crippen LogP contribution in [0.25, 0.3) is 71.7 Å². The molecule has 8 aromatic carbocycles. The van der Waals surface area contributed by atoms with Gasteiger partial charge in [-0.1, -0.05) is 171 Å². The Balaban J connectivity index is 0.000000747. The first-order chi connectivity index (χ1) is 34.5. The molecule has 0 unspecified atom stereocenters. The maximum absolute atomic E-state index is 6.13. The highest BCUT2D eigenvalue weighted by Crippen LogP contribution is 2.38. The van der Waals surface area contributed by atoms with E-state index in [1.165, 1.54) is 11.0 Å². The molecule has 1 aliphatic carbocycles. The molecule has 10 aromatic rings. The summed E-state index contributed by atoms with van der Waals surface area (Å²) in [5.41, 5.74) is 21.4. The summed E-state index contributed by atoms with van der Waals surface area (Å²) in [7, 11) is 0. The van der Waals surface area contributed by atoms with Crippen LogP contribution in [0, 0.1) is 0 Å². The molecule has 0 saturated carbocycles. The fraction of sp³-hybridized carbons (Fsp3) is 0.0303. The van der Waals surface area contributed by atoms with E-state index in [0.717, 1.165) is 107 Å². The van der Waals surface area contributed by atoms with Crippen molar-refractivity contribution >= 4 is 72.0 Å². The van der Waals surface area contributed by atoms with Crippen LogP contribution in [-0.4, -0.2) is 4.57 Å². The number of benzene rings is 8. The molecule has 2 aromatic heterocycles. The van der Waals surface area contributed by atoms with E-state index in [0.29, 0.717) is 0 Å². The summed E-state index contributed by atoms with van der Waals surface area (Å²) < 4.78 is 8.52. The van der Waals surface area contributed by atoms with Crippen LogP contribution >= 0.6 is 0 Å². The zero-order valence-electron chi connectivity index (χ0n) is 39.0. The molecule has 0 bridgehead atoms. The van der Waals surface area contributed by atoms with Gasteiger partial charge >= 0.3 is 0 Å². The van der Waals surface area contributed by atoms with Gasteiger partial charge in [-0.25, -0.2) is 0 Å². The number of hydrogen-bond donors (Lipinski definition) is 1. The first kappa shape index (κ1) is 44.7. The number of hydrogen-bond acceptors (Lipinski definition) is 3. The van der Waals surface area contributed by atoms with Crippen LogP contribution in [0.5, 0.6) is 0 Å². The largest absolute Gasteiger partial charge is 0.456 e. The summed E-state index contributed by atoms with van der Waals surface area (Å²) in [4.78, 5) is 2.22. The minimum Gasteiger partial charge on any atom is -0.456 e. The maximum atomic E-state index is 6.13. The van der Waals surface area contributed by atoms with E-state index in [1.54, 1.807) is 0 Å². The van der Waals surface area contributed by atoms with E-state index in [4.69, 9.17) is 10.2 Å². The number of rotatable bonds is 12. The second kappa shape index (κ2) is 20.8. The SMILES string of the molecule is C=C/C=C(\C=C/C1=CCCC=C1)c1ccc2c(c1)c1cc(C(/C=C\N(c3ccccc3)c3ccccc3)=C/C=C)ccc1n2-c1ccc(-c2ccc3oc4ccccc4c3c2)cc1.Nc1ccccc1. The number of nitrogen functional groups attached to an aromatic ring is 1. The van der Waals surface area contributed by atoms with Gasteiger partial charge in [-0.3, -0.25) is 0 Å². The number of anilines is 3. The number of aromatic nitrogens is 1. The molecule has 0 aliphatic heterocycles. The first-order valence-corrected chi connectivity index (χ1v) is 23.7. The van der Waals surface area contributed by atoms with Crippen molar-refractivity contribution in [3.8, 4) is 16.8 Å². The van der Waals surface area contributed by atoms with Crippen molar-refractivity contribution in [2.24, 2.45) is 0 Å². The molecular weight excluding hydrogens is 851 g/mol. The Morgan fingerprint density at radius 3 is 1.69 bits per heavy atom. The lowest BCUT2D eigenvalue weighted by Gasteiger charge is -2.21. The predicted octanol–water partition coefficient (Wildman–Crippen LogP) is 17.9. The average Bonchev–Trinajstić information content (AvgIpc) is 3.95. The van der Waals surface area contributed by atoms with Crippen molar-refractivity contribution in [1.29, 1.82) is 0 Å². The fourth-order valence-corrected chi connectivity index (χ4v) is 9.17. The van der Waals surface area contributed by atoms with Crippen LogP contribution < -0.4 is 10.6 Å². The lowest BCUT2D eigenvalue weighted by Crippen LogP contribution is -2.08. The van der Waals surface area contributed by atoms with Gasteiger partial charge in [-0.05, 0) is 149 Å². The van der Waals surface area contributed by atoms with Gasteiger partial charge in [0.2, 0.25) is 0 Å². The Kier molecular flexibility index (Phi) is 13.3. The van der Waals surface area contributed by atoms with Gasteiger partial charge in [0.05, 0.1) is 11.0 Å². The van der Waals surface area contributed by atoms with E-state index in [2.05, 4.69) is 217 Å². The molecule has 2 N–H and O–H groups in total. The highest BCUT2D eigenvalue weighted by molar-refractivity contribution is 6.11. The third-order valence-corrected chi connectivity index (χ3v) is 12.6. The summed E-state index contributed by atoms with van der Waals surface area (Å²) in [6, 6.07) is 67.7. The molecule has 4 nitrogen and oxygen atoms in total. The molecule has 338 valence electrons. The predicted molar refractivity (Wildman–Crippen MR) is 300 cm³/mol. The smallest absolute Gasteiger partial charge is 0.135 e. The Morgan fingerprint density at radius 2 is 1.10 bits per heavy atom. The van der Waals surface area contributed by atoms with E-state index in [9.17, 15) is 0 Å². The highest BCUT2D eigenvalue weighted by atomic mass is 16.3. The van der Waals surface area contributed by atoms with Crippen molar-refractivity contribution < 1.29 is 4.42 Å². The lowest BCUT2D eigenvalue weighted by molar-refractivity contribution is 0.669. The molecule has 11 rings (SSSR count). The molecule has 4 heteroatoms. The van der Waals surface area contributed by atoms with Crippen molar-refractivity contribution in [1.82, 2.24) is 4.57 Å². The topological polar surface area (TPSA) is 47.3 Å². The lowest BCUT2D eigenvalue weighted by atomic mass is 9.98. The van der Waals surface area contributed by atoms with Crippen molar-refractivity contribution in [3.63, 3.8) is 0 Å². The monoisotopic (exact) mass is 903 g/mol. The highest BCUT2D eigenvalue weighted by Gasteiger charge is 2.16.